The van der Waals surface area contributed by atoms with Crippen LogP contribution in [0.5, 0.6) is 11.5 Å². The highest BCUT2D eigenvalue weighted by molar-refractivity contribution is 5.75. The molecule has 3 nitrogen and oxygen atoms in total. The second kappa shape index (κ2) is 5.10. The van der Waals surface area contributed by atoms with Crippen molar-refractivity contribution in [1.29, 1.82) is 0 Å². The van der Waals surface area contributed by atoms with E-state index in [1.807, 2.05) is 6.92 Å². The van der Waals surface area contributed by atoms with Gasteiger partial charge in [-0.1, -0.05) is 37.3 Å². The fourth-order valence-electron chi connectivity index (χ4n) is 2.04. The van der Waals surface area contributed by atoms with E-state index in [0.29, 0.717) is 23.1 Å². The van der Waals surface area contributed by atoms with Crippen LogP contribution < -0.4 is 0 Å². The second-order valence-corrected chi connectivity index (χ2v) is 4.18. The molecule has 0 radical (unpaired) electrons. The van der Waals surface area contributed by atoms with Crippen LogP contribution in [0.15, 0.2) is 42.5 Å². The van der Waals surface area contributed by atoms with Gasteiger partial charge in [-0.05, 0) is 24.1 Å². The number of aromatic hydroxyl groups is 2. The third-order valence-electron chi connectivity index (χ3n) is 3.00. The number of para-hydroxylation sites is 1. The average molecular weight is 244 g/mol. The summed E-state index contributed by atoms with van der Waals surface area (Å²) in [6.45, 7) is 1.84. The van der Waals surface area contributed by atoms with Crippen LogP contribution in [0.3, 0.4) is 0 Å². The molecule has 1 unspecified atom stereocenters. The Morgan fingerprint density at radius 1 is 0.889 bits per heavy atom. The Kier molecular flexibility index (Phi) is 3.53. The lowest BCUT2D eigenvalue weighted by Crippen LogP contribution is -1.99. The Labute approximate surface area is 106 Å². The van der Waals surface area contributed by atoms with E-state index in [1.165, 1.54) is 6.07 Å². The van der Waals surface area contributed by atoms with Crippen molar-refractivity contribution in [1.82, 2.24) is 0 Å². The predicted octanol–water partition coefficient (Wildman–Crippen LogP) is 3.21. The number of phenols is 2. The van der Waals surface area contributed by atoms with Crippen molar-refractivity contribution >= 4 is 0 Å². The summed E-state index contributed by atoms with van der Waals surface area (Å²) in [7, 11) is 0. The molecule has 0 aliphatic rings. The summed E-state index contributed by atoms with van der Waals surface area (Å²) in [6.07, 6.45) is -0.251. The number of aliphatic hydroxyl groups is 1. The van der Waals surface area contributed by atoms with Gasteiger partial charge in [0.1, 0.15) is 11.5 Å². The molecule has 3 N–H and O–H groups in total. The van der Waals surface area contributed by atoms with Gasteiger partial charge in [0.15, 0.2) is 0 Å². The zero-order chi connectivity index (χ0) is 13.1. The summed E-state index contributed by atoms with van der Waals surface area (Å²) in [4.78, 5) is 0. The highest BCUT2D eigenvalue weighted by Gasteiger charge is 2.17. The third kappa shape index (κ3) is 2.17. The maximum absolute atomic E-state index is 10.0. The zero-order valence-electron chi connectivity index (χ0n) is 10.2. The van der Waals surface area contributed by atoms with Crippen molar-refractivity contribution in [3.8, 4) is 22.6 Å². The van der Waals surface area contributed by atoms with Gasteiger partial charge in [-0.2, -0.15) is 0 Å². The number of hydrogen-bond acceptors (Lipinski definition) is 3. The lowest BCUT2D eigenvalue weighted by atomic mass is 9.94. The molecule has 94 valence electrons. The molecule has 0 amide bonds. The van der Waals surface area contributed by atoms with Crippen LogP contribution in [-0.4, -0.2) is 15.3 Å². The number of phenolic OH excluding ortho intramolecular Hbond substituents is 2. The fraction of sp³-hybridized carbons (Fsp3) is 0.200. The van der Waals surface area contributed by atoms with E-state index in [4.69, 9.17) is 0 Å². The van der Waals surface area contributed by atoms with Crippen LogP contribution >= 0.6 is 0 Å². The Balaban J connectivity index is 2.65. The van der Waals surface area contributed by atoms with E-state index in [9.17, 15) is 15.3 Å². The maximum atomic E-state index is 10.0. The van der Waals surface area contributed by atoms with Crippen LogP contribution in [0.2, 0.25) is 0 Å². The molecule has 0 bridgehead atoms. The van der Waals surface area contributed by atoms with Crippen molar-refractivity contribution in [2.24, 2.45) is 0 Å². The highest BCUT2D eigenvalue weighted by atomic mass is 16.3. The minimum Gasteiger partial charge on any atom is -0.508 e. The Morgan fingerprint density at radius 2 is 1.50 bits per heavy atom. The normalized spacial score (nSPS) is 12.3. The van der Waals surface area contributed by atoms with Crippen LogP contribution in [0.1, 0.15) is 25.0 Å². The largest absolute Gasteiger partial charge is 0.508 e. The Bertz CT molecular complexity index is 549. The minimum absolute atomic E-state index is 0.0464. The minimum atomic E-state index is -0.749. The molecule has 0 fully saturated rings. The first-order valence-electron chi connectivity index (χ1n) is 5.93. The van der Waals surface area contributed by atoms with Crippen LogP contribution in [-0.2, 0) is 0 Å². The zero-order valence-corrected chi connectivity index (χ0v) is 10.2. The quantitative estimate of drug-likeness (QED) is 0.777. The lowest BCUT2D eigenvalue weighted by Gasteiger charge is -2.16. The molecular weight excluding hydrogens is 228 g/mol. The van der Waals surface area contributed by atoms with E-state index in [1.54, 1.807) is 36.4 Å². The molecule has 0 aromatic heterocycles. The number of rotatable bonds is 3. The topological polar surface area (TPSA) is 60.7 Å². The van der Waals surface area contributed by atoms with Crippen molar-refractivity contribution in [2.75, 3.05) is 0 Å². The maximum Gasteiger partial charge on any atom is 0.123 e. The van der Waals surface area contributed by atoms with E-state index in [0.717, 1.165) is 0 Å². The second-order valence-electron chi connectivity index (χ2n) is 4.18. The molecule has 0 saturated heterocycles. The van der Waals surface area contributed by atoms with Gasteiger partial charge in [-0.25, -0.2) is 0 Å². The molecule has 2 aromatic carbocycles. The molecule has 0 saturated carbocycles. The summed E-state index contributed by atoms with van der Waals surface area (Å²) in [5.74, 6) is 0.178. The molecule has 0 aliphatic heterocycles. The van der Waals surface area contributed by atoms with Crippen molar-refractivity contribution in [2.45, 2.75) is 19.4 Å². The molecule has 0 heterocycles. The van der Waals surface area contributed by atoms with Gasteiger partial charge in [0, 0.05) is 11.1 Å². The Morgan fingerprint density at radius 3 is 2.17 bits per heavy atom. The summed E-state index contributed by atoms with van der Waals surface area (Å²) >= 11 is 0. The first-order valence-corrected chi connectivity index (χ1v) is 5.93. The highest BCUT2D eigenvalue weighted by Crippen LogP contribution is 2.39. The molecule has 0 aliphatic carbocycles. The van der Waals surface area contributed by atoms with Gasteiger partial charge >= 0.3 is 0 Å². The monoisotopic (exact) mass is 244 g/mol. The predicted molar refractivity (Wildman–Crippen MR) is 70.5 cm³/mol. The SMILES string of the molecule is CCC(O)c1c(O)cccc1-c1ccccc1O. The lowest BCUT2D eigenvalue weighted by molar-refractivity contribution is 0.170. The van der Waals surface area contributed by atoms with Gasteiger partial charge < -0.3 is 15.3 Å². The molecule has 2 aromatic rings. The van der Waals surface area contributed by atoms with Gasteiger partial charge in [0.05, 0.1) is 6.10 Å². The van der Waals surface area contributed by atoms with Crippen LogP contribution in [0.4, 0.5) is 0 Å². The van der Waals surface area contributed by atoms with E-state index in [-0.39, 0.29) is 11.5 Å². The average Bonchev–Trinajstić information content (AvgIpc) is 2.38. The van der Waals surface area contributed by atoms with Crippen molar-refractivity contribution < 1.29 is 15.3 Å². The number of benzene rings is 2. The van der Waals surface area contributed by atoms with Crippen LogP contribution in [0, 0.1) is 0 Å². The van der Waals surface area contributed by atoms with Gasteiger partial charge in [0.2, 0.25) is 0 Å². The molecular formula is C15H16O3. The molecule has 2 rings (SSSR count). The number of aliphatic hydroxyl groups excluding tert-OH is 1. The standard InChI is InChI=1S/C15H16O3/c1-2-12(16)15-11(7-5-9-14(15)18)10-6-3-4-8-13(10)17/h3-9,12,16-18H,2H2,1H3. The van der Waals surface area contributed by atoms with E-state index in [2.05, 4.69) is 0 Å². The summed E-state index contributed by atoms with van der Waals surface area (Å²) < 4.78 is 0. The van der Waals surface area contributed by atoms with Gasteiger partial charge in [-0.15, -0.1) is 0 Å². The molecule has 18 heavy (non-hydrogen) atoms. The molecule has 1 atom stereocenters. The van der Waals surface area contributed by atoms with Gasteiger partial charge in [0.25, 0.3) is 0 Å². The fourth-order valence-corrected chi connectivity index (χ4v) is 2.04. The third-order valence-corrected chi connectivity index (χ3v) is 3.00. The van der Waals surface area contributed by atoms with Crippen molar-refractivity contribution in [3.05, 3.63) is 48.0 Å². The van der Waals surface area contributed by atoms with Crippen LogP contribution in [0.25, 0.3) is 11.1 Å². The molecule has 0 spiro atoms. The van der Waals surface area contributed by atoms with Crippen molar-refractivity contribution in [3.63, 3.8) is 0 Å². The first-order chi connectivity index (χ1) is 8.65. The summed E-state index contributed by atoms with van der Waals surface area (Å²) in [6, 6.07) is 11.9. The smallest absolute Gasteiger partial charge is 0.123 e. The summed E-state index contributed by atoms with van der Waals surface area (Å²) in [5, 5.41) is 29.8. The van der Waals surface area contributed by atoms with Gasteiger partial charge in [-0.3, -0.25) is 0 Å². The van der Waals surface area contributed by atoms with E-state index >= 15 is 0 Å². The summed E-state index contributed by atoms with van der Waals surface area (Å²) in [5.41, 5.74) is 1.72. The Hall–Kier alpha value is -2.00. The van der Waals surface area contributed by atoms with E-state index < -0.39 is 6.10 Å². The number of hydrogen-bond donors (Lipinski definition) is 3. The first kappa shape index (κ1) is 12.5. The molecule has 3 heteroatoms.